The second-order valence-corrected chi connectivity index (χ2v) is 4.92. The van der Waals surface area contributed by atoms with Gasteiger partial charge in [0.2, 0.25) is 0 Å². The number of nitrogens with one attached hydrogen (secondary N) is 1. The number of ether oxygens (including phenoxy) is 2. The van der Waals surface area contributed by atoms with E-state index in [0.29, 0.717) is 17.7 Å². The molecule has 0 heterocycles. The fraction of sp³-hybridized carbons (Fsp3) is 0.625. The molecule has 0 amide bonds. The molecular weight excluding hydrogens is 257 g/mol. The second-order valence-electron chi connectivity index (χ2n) is 4.92. The summed E-state index contributed by atoms with van der Waals surface area (Å²) in [6.07, 6.45) is 3.70. The Labute approximate surface area is 121 Å². The van der Waals surface area contributed by atoms with E-state index in [4.69, 9.17) is 9.47 Å². The maximum Gasteiger partial charge on any atom is 0.168 e. The fourth-order valence-corrected chi connectivity index (χ4v) is 2.24. The van der Waals surface area contributed by atoms with E-state index in [2.05, 4.69) is 12.2 Å². The quantitative estimate of drug-likeness (QED) is 0.669. The van der Waals surface area contributed by atoms with Gasteiger partial charge in [0.05, 0.1) is 7.11 Å². The molecule has 20 heavy (non-hydrogen) atoms. The molecular formula is C16H26FNO2. The van der Waals surface area contributed by atoms with Crippen molar-refractivity contribution in [1.29, 1.82) is 0 Å². The van der Waals surface area contributed by atoms with Crippen LogP contribution in [0.3, 0.4) is 0 Å². The molecule has 0 aliphatic heterocycles. The van der Waals surface area contributed by atoms with Crippen LogP contribution in [-0.2, 0) is 11.2 Å². The highest BCUT2D eigenvalue weighted by Crippen LogP contribution is 2.21. The lowest BCUT2D eigenvalue weighted by Crippen LogP contribution is -2.32. The minimum atomic E-state index is -0.245. The summed E-state index contributed by atoms with van der Waals surface area (Å²) in [5.41, 5.74) is 0.704. The molecule has 0 aromatic heterocycles. The van der Waals surface area contributed by atoms with Gasteiger partial charge in [-0.25, -0.2) is 4.39 Å². The van der Waals surface area contributed by atoms with E-state index in [0.717, 1.165) is 32.4 Å². The Morgan fingerprint density at radius 1 is 1.30 bits per heavy atom. The molecule has 0 saturated carbocycles. The Kier molecular flexibility index (Phi) is 8.23. The Morgan fingerprint density at radius 3 is 2.75 bits per heavy atom. The van der Waals surface area contributed by atoms with Crippen LogP contribution in [0.5, 0.6) is 5.75 Å². The third kappa shape index (κ3) is 5.47. The van der Waals surface area contributed by atoms with Crippen LogP contribution < -0.4 is 10.1 Å². The Hall–Kier alpha value is -1.13. The van der Waals surface area contributed by atoms with Crippen LogP contribution in [-0.4, -0.2) is 33.4 Å². The Balaban J connectivity index is 2.67. The van der Waals surface area contributed by atoms with Crippen molar-refractivity contribution in [1.82, 2.24) is 5.32 Å². The van der Waals surface area contributed by atoms with Crippen molar-refractivity contribution in [2.75, 3.05) is 27.4 Å². The molecule has 4 heteroatoms. The molecule has 3 nitrogen and oxygen atoms in total. The van der Waals surface area contributed by atoms with Crippen LogP contribution in [0.4, 0.5) is 4.39 Å². The molecule has 1 unspecified atom stereocenters. The SMILES string of the molecule is CCCNC(CCCOC)Cc1cccc(OC)c1F. The van der Waals surface area contributed by atoms with E-state index >= 15 is 0 Å². The lowest BCUT2D eigenvalue weighted by molar-refractivity contribution is 0.188. The van der Waals surface area contributed by atoms with Crippen molar-refractivity contribution in [3.63, 3.8) is 0 Å². The monoisotopic (exact) mass is 283 g/mol. The molecule has 1 aromatic carbocycles. The second kappa shape index (κ2) is 9.72. The van der Waals surface area contributed by atoms with Gasteiger partial charge in [-0.05, 0) is 43.9 Å². The van der Waals surface area contributed by atoms with Crippen LogP contribution >= 0.6 is 0 Å². The van der Waals surface area contributed by atoms with Gasteiger partial charge in [0, 0.05) is 19.8 Å². The number of halogens is 1. The minimum Gasteiger partial charge on any atom is -0.494 e. The van der Waals surface area contributed by atoms with Crippen molar-refractivity contribution in [3.8, 4) is 5.75 Å². The number of hydrogen-bond acceptors (Lipinski definition) is 3. The van der Waals surface area contributed by atoms with Gasteiger partial charge < -0.3 is 14.8 Å². The first-order valence-electron chi connectivity index (χ1n) is 7.26. The first kappa shape index (κ1) is 16.9. The van der Waals surface area contributed by atoms with Crippen molar-refractivity contribution in [2.24, 2.45) is 0 Å². The van der Waals surface area contributed by atoms with Crippen molar-refractivity contribution in [2.45, 2.75) is 38.6 Å². The molecule has 0 aliphatic rings. The number of hydrogen-bond donors (Lipinski definition) is 1. The maximum absolute atomic E-state index is 14.2. The van der Waals surface area contributed by atoms with E-state index in [9.17, 15) is 4.39 Å². The third-order valence-corrected chi connectivity index (χ3v) is 3.31. The lowest BCUT2D eigenvalue weighted by Gasteiger charge is -2.19. The number of rotatable bonds is 10. The largest absolute Gasteiger partial charge is 0.494 e. The summed E-state index contributed by atoms with van der Waals surface area (Å²) in [6.45, 7) is 3.82. The summed E-state index contributed by atoms with van der Waals surface area (Å²) in [5.74, 6) is 0.0682. The predicted molar refractivity (Wildman–Crippen MR) is 79.8 cm³/mol. The summed E-state index contributed by atoms with van der Waals surface area (Å²) < 4.78 is 24.3. The smallest absolute Gasteiger partial charge is 0.168 e. The average molecular weight is 283 g/mol. The molecule has 114 valence electrons. The predicted octanol–water partition coefficient (Wildman–Crippen LogP) is 3.17. The zero-order valence-electron chi connectivity index (χ0n) is 12.7. The van der Waals surface area contributed by atoms with E-state index in [1.807, 2.05) is 12.1 Å². The average Bonchev–Trinajstić information content (AvgIpc) is 2.46. The van der Waals surface area contributed by atoms with Gasteiger partial charge in [0.1, 0.15) is 0 Å². The highest BCUT2D eigenvalue weighted by Gasteiger charge is 2.14. The van der Waals surface area contributed by atoms with Gasteiger partial charge in [-0.1, -0.05) is 19.1 Å². The molecule has 1 aromatic rings. The van der Waals surface area contributed by atoms with E-state index in [1.165, 1.54) is 7.11 Å². The molecule has 1 rings (SSSR count). The summed E-state index contributed by atoms with van der Waals surface area (Å²) in [5, 5.41) is 3.48. The van der Waals surface area contributed by atoms with E-state index in [1.54, 1.807) is 13.2 Å². The van der Waals surface area contributed by atoms with Gasteiger partial charge in [-0.15, -0.1) is 0 Å². The van der Waals surface area contributed by atoms with Crippen LogP contribution in [0, 0.1) is 5.82 Å². The van der Waals surface area contributed by atoms with Crippen LogP contribution in [0.2, 0.25) is 0 Å². The normalized spacial score (nSPS) is 12.4. The molecule has 0 saturated heterocycles. The van der Waals surface area contributed by atoms with E-state index in [-0.39, 0.29) is 11.9 Å². The molecule has 0 spiro atoms. The van der Waals surface area contributed by atoms with Gasteiger partial charge in [-0.3, -0.25) is 0 Å². The molecule has 0 radical (unpaired) electrons. The molecule has 0 fully saturated rings. The summed E-state index contributed by atoms with van der Waals surface area (Å²) in [7, 11) is 3.20. The highest BCUT2D eigenvalue weighted by atomic mass is 19.1. The van der Waals surface area contributed by atoms with Crippen molar-refractivity contribution >= 4 is 0 Å². The first-order chi connectivity index (χ1) is 9.72. The summed E-state index contributed by atoms with van der Waals surface area (Å²) in [6, 6.07) is 5.59. The topological polar surface area (TPSA) is 30.5 Å². The molecule has 1 N–H and O–H groups in total. The van der Waals surface area contributed by atoms with Crippen LogP contribution in [0.15, 0.2) is 18.2 Å². The van der Waals surface area contributed by atoms with Gasteiger partial charge in [0.15, 0.2) is 11.6 Å². The highest BCUT2D eigenvalue weighted by molar-refractivity contribution is 5.31. The van der Waals surface area contributed by atoms with Crippen LogP contribution in [0.25, 0.3) is 0 Å². The Morgan fingerprint density at radius 2 is 2.10 bits per heavy atom. The minimum absolute atomic E-state index is 0.245. The fourth-order valence-electron chi connectivity index (χ4n) is 2.24. The molecule has 0 aliphatic carbocycles. The van der Waals surface area contributed by atoms with Crippen molar-refractivity contribution in [3.05, 3.63) is 29.6 Å². The third-order valence-electron chi connectivity index (χ3n) is 3.31. The standard InChI is InChI=1S/C16H26FNO2/c1-4-10-18-14(8-6-11-19-2)12-13-7-5-9-15(20-3)16(13)17/h5,7,9,14,18H,4,6,8,10-12H2,1-3H3. The first-order valence-corrected chi connectivity index (χ1v) is 7.26. The van der Waals surface area contributed by atoms with E-state index < -0.39 is 0 Å². The molecule has 1 atom stereocenters. The van der Waals surface area contributed by atoms with Crippen molar-refractivity contribution < 1.29 is 13.9 Å². The van der Waals surface area contributed by atoms with Gasteiger partial charge in [-0.2, -0.15) is 0 Å². The van der Waals surface area contributed by atoms with Gasteiger partial charge >= 0.3 is 0 Å². The van der Waals surface area contributed by atoms with Gasteiger partial charge in [0.25, 0.3) is 0 Å². The summed E-state index contributed by atoms with van der Waals surface area (Å²) in [4.78, 5) is 0. The zero-order valence-corrected chi connectivity index (χ0v) is 12.7. The summed E-state index contributed by atoms with van der Waals surface area (Å²) >= 11 is 0. The lowest BCUT2D eigenvalue weighted by atomic mass is 10.0. The Bertz CT molecular complexity index is 385. The zero-order chi connectivity index (χ0) is 14.8. The molecule has 0 bridgehead atoms. The van der Waals surface area contributed by atoms with Crippen LogP contribution in [0.1, 0.15) is 31.7 Å². The number of methoxy groups -OCH3 is 2. The number of benzene rings is 1. The maximum atomic E-state index is 14.2.